The van der Waals surface area contributed by atoms with Crippen molar-refractivity contribution in [2.75, 3.05) is 13.1 Å². The molecular weight excluding hydrogens is 214 g/mol. The lowest BCUT2D eigenvalue weighted by Gasteiger charge is -2.24. The molecule has 1 aliphatic rings. The molecule has 4 heteroatoms. The smallest absolute Gasteiger partial charge is 0.123 e. The number of nitrogens with one attached hydrogen (secondary N) is 2. The third kappa shape index (κ3) is 2.13. The Bertz CT molecular complexity index is 514. The van der Waals surface area contributed by atoms with Gasteiger partial charge in [0, 0.05) is 5.39 Å². The first kappa shape index (κ1) is 10.6. The molecule has 4 nitrogen and oxygen atoms in total. The lowest BCUT2D eigenvalue weighted by molar-refractivity contribution is 0.161. The SMILES string of the molecule is Cc1cc2[nH]ncc2cc1OC1CCNCC1. The normalized spacial score (nSPS) is 17.5. The predicted octanol–water partition coefficient (Wildman–Crippen LogP) is 2.00. The van der Waals surface area contributed by atoms with Gasteiger partial charge in [-0.1, -0.05) is 0 Å². The number of H-pyrrole nitrogens is 1. The Morgan fingerprint density at radius 3 is 2.94 bits per heavy atom. The summed E-state index contributed by atoms with van der Waals surface area (Å²) in [5.74, 6) is 0.991. The molecular formula is C13H17N3O. The standard InChI is InChI=1S/C13H17N3O/c1-9-6-12-10(8-15-16-12)7-13(9)17-11-2-4-14-5-3-11/h6-8,11,14H,2-5H2,1H3,(H,15,16). The first-order valence-electron chi connectivity index (χ1n) is 6.14. The van der Waals surface area contributed by atoms with Gasteiger partial charge in [0.1, 0.15) is 11.9 Å². The maximum atomic E-state index is 6.08. The summed E-state index contributed by atoms with van der Waals surface area (Å²) in [5, 5.41) is 11.5. The van der Waals surface area contributed by atoms with Gasteiger partial charge in [0.15, 0.2) is 0 Å². The molecule has 1 aliphatic heterocycles. The Labute approximate surface area is 100 Å². The van der Waals surface area contributed by atoms with E-state index in [0.717, 1.165) is 42.6 Å². The molecule has 3 rings (SSSR count). The lowest BCUT2D eigenvalue weighted by Crippen LogP contribution is -2.34. The van der Waals surface area contributed by atoms with E-state index in [1.807, 2.05) is 6.20 Å². The third-order valence-electron chi connectivity index (χ3n) is 3.32. The van der Waals surface area contributed by atoms with Crippen LogP contribution in [0.25, 0.3) is 10.9 Å². The maximum absolute atomic E-state index is 6.08. The molecule has 0 radical (unpaired) electrons. The van der Waals surface area contributed by atoms with Crippen LogP contribution < -0.4 is 10.1 Å². The number of aryl methyl sites for hydroxylation is 1. The number of ether oxygens (including phenoxy) is 1. The number of nitrogens with zero attached hydrogens (tertiary/aromatic N) is 1. The molecule has 2 N–H and O–H groups in total. The number of rotatable bonds is 2. The quantitative estimate of drug-likeness (QED) is 0.831. The summed E-state index contributed by atoms with van der Waals surface area (Å²) in [6.45, 7) is 4.19. The highest BCUT2D eigenvalue weighted by Crippen LogP contribution is 2.26. The minimum atomic E-state index is 0.347. The van der Waals surface area contributed by atoms with Crippen LogP contribution in [0.3, 0.4) is 0 Å². The van der Waals surface area contributed by atoms with E-state index in [4.69, 9.17) is 4.74 Å². The van der Waals surface area contributed by atoms with Crippen molar-refractivity contribution in [1.82, 2.24) is 15.5 Å². The number of benzene rings is 1. The largest absolute Gasteiger partial charge is 0.490 e. The zero-order valence-electron chi connectivity index (χ0n) is 9.99. The number of aromatic amines is 1. The first-order chi connectivity index (χ1) is 8.33. The van der Waals surface area contributed by atoms with Gasteiger partial charge in [0.2, 0.25) is 0 Å². The number of hydrogen-bond acceptors (Lipinski definition) is 3. The van der Waals surface area contributed by atoms with Gasteiger partial charge in [-0.2, -0.15) is 5.10 Å². The van der Waals surface area contributed by atoms with Gasteiger partial charge in [-0.3, -0.25) is 5.10 Å². The van der Waals surface area contributed by atoms with E-state index >= 15 is 0 Å². The van der Waals surface area contributed by atoms with E-state index in [9.17, 15) is 0 Å². The van der Waals surface area contributed by atoms with Gasteiger partial charge >= 0.3 is 0 Å². The van der Waals surface area contributed by atoms with E-state index < -0.39 is 0 Å². The summed E-state index contributed by atoms with van der Waals surface area (Å²) in [6.07, 6.45) is 4.36. The van der Waals surface area contributed by atoms with Crippen LogP contribution in [0.15, 0.2) is 18.3 Å². The second-order valence-electron chi connectivity index (χ2n) is 4.64. The fourth-order valence-electron chi connectivity index (χ4n) is 2.30. The van der Waals surface area contributed by atoms with E-state index in [-0.39, 0.29) is 0 Å². The van der Waals surface area contributed by atoms with Crippen molar-refractivity contribution in [2.24, 2.45) is 0 Å². The second kappa shape index (κ2) is 4.37. The highest BCUT2D eigenvalue weighted by molar-refractivity contribution is 5.80. The molecule has 0 aliphatic carbocycles. The molecule has 0 atom stereocenters. The molecule has 1 fully saturated rings. The molecule has 1 aromatic carbocycles. The van der Waals surface area contributed by atoms with E-state index in [1.165, 1.54) is 5.56 Å². The van der Waals surface area contributed by atoms with Crippen LogP contribution in [0.5, 0.6) is 5.75 Å². The highest BCUT2D eigenvalue weighted by atomic mass is 16.5. The Balaban J connectivity index is 1.85. The summed E-state index contributed by atoms with van der Waals surface area (Å²) in [7, 11) is 0. The van der Waals surface area contributed by atoms with Gasteiger partial charge in [-0.15, -0.1) is 0 Å². The monoisotopic (exact) mass is 231 g/mol. The van der Waals surface area contributed by atoms with Gasteiger partial charge in [-0.05, 0) is 50.6 Å². The fraction of sp³-hybridized carbons (Fsp3) is 0.462. The molecule has 0 bridgehead atoms. The number of aromatic nitrogens is 2. The van der Waals surface area contributed by atoms with Crippen LogP contribution in [0.2, 0.25) is 0 Å². The topological polar surface area (TPSA) is 49.9 Å². The van der Waals surface area contributed by atoms with Crippen LogP contribution in [0.1, 0.15) is 18.4 Å². The molecule has 2 heterocycles. The summed E-state index contributed by atoms with van der Waals surface area (Å²) in [6, 6.07) is 4.18. The van der Waals surface area contributed by atoms with Crippen LogP contribution in [-0.2, 0) is 0 Å². The van der Waals surface area contributed by atoms with Crippen LogP contribution in [0.4, 0.5) is 0 Å². The molecule has 0 spiro atoms. The van der Waals surface area contributed by atoms with Crippen molar-refractivity contribution in [2.45, 2.75) is 25.9 Å². The first-order valence-corrected chi connectivity index (χ1v) is 6.14. The molecule has 90 valence electrons. The molecule has 0 unspecified atom stereocenters. The molecule has 17 heavy (non-hydrogen) atoms. The average Bonchev–Trinajstić information content (AvgIpc) is 2.78. The summed E-state index contributed by atoms with van der Waals surface area (Å²) in [5.41, 5.74) is 2.24. The molecule has 1 saturated heterocycles. The summed E-state index contributed by atoms with van der Waals surface area (Å²) < 4.78 is 6.08. The van der Waals surface area contributed by atoms with Crippen molar-refractivity contribution in [3.05, 3.63) is 23.9 Å². The van der Waals surface area contributed by atoms with Crippen molar-refractivity contribution in [3.8, 4) is 5.75 Å². The highest BCUT2D eigenvalue weighted by Gasteiger charge is 2.15. The third-order valence-corrected chi connectivity index (χ3v) is 3.32. The van der Waals surface area contributed by atoms with Gasteiger partial charge in [0.05, 0.1) is 11.7 Å². The van der Waals surface area contributed by atoms with Crippen molar-refractivity contribution >= 4 is 10.9 Å². The second-order valence-corrected chi connectivity index (χ2v) is 4.64. The Hall–Kier alpha value is -1.55. The van der Waals surface area contributed by atoms with Crippen molar-refractivity contribution < 1.29 is 4.74 Å². The van der Waals surface area contributed by atoms with Crippen molar-refractivity contribution in [1.29, 1.82) is 0 Å². The molecule has 0 amide bonds. The molecule has 2 aromatic rings. The fourth-order valence-corrected chi connectivity index (χ4v) is 2.30. The molecule has 0 saturated carbocycles. The summed E-state index contributed by atoms with van der Waals surface area (Å²) >= 11 is 0. The van der Waals surface area contributed by atoms with Gasteiger partial charge in [-0.25, -0.2) is 0 Å². The van der Waals surface area contributed by atoms with E-state index in [1.54, 1.807) is 0 Å². The van der Waals surface area contributed by atoms with Gasteiger partial charge in [0.25, 0.3) is 0 Å². The predicted molar refractivity (Wildman–Crippen MR) is 67.4 cm³/mol. The zero-order valence-corrected chi connectivity index (χ0v) is 9.99. The molecule has 1 aromatic heterocycles. The summed E-state index contributed by atoms with van der Waals surface area (Å²) in [4.78, 5) is 0. The minimum Gasteiger partial charge on any atom is -0.490 e. The van der Waals surface area contributed by atoms with Crippen LogP contribution in [0, 0.1) is 6.92 Å². The maximum Gasteiger partial charge on any atom is 0.123 e. The van der Waals surface area contributed by atoms with Crippen LogP contribution in [-0.4, -0.2) is 29.4 Å². The minimum absolute atomic E-state index is 0.347. The van der Waals surface area contributed by atoms with E-state index in [0.29, 0.717) is 6.10 Å². The number of fused-ring (bicyclic) bond motifs is 1. The average molecular weight is 231 g/mol. The Morgan fingerprint density at radius 1 is 1.29 bits per heavy atom. The zero-order chi connectivity index (χ0) is 11.7. The lowest BCUT2D eigenvalue weighted by atomic mass is 10.1. The van der Waals surface area contributed by atoms with E-state index in [2.05, 4.69) is 34.6 Å². The number of piperidine rings is 1. The Morgan fingerprint density at radius 2 is 2.12 bits per heavy atom. The van der Waals surface area contributed by atoms with Gasteiger partial charge < -0.3 is 10.1 Å². The number of hydrogen-bond donors (Lipinski definition) is 2. The van der Waals surface area contributed by atoms with Crippen LogP contribution >= 0.6 is 0 Å². The van der Waals surface area contributed by atoms with Crippen molar-refractivity contribution in [3.63, 3.8) is 0 Å². The Kier molecular flexibility index (Phi) is 2.73.